The fraction of sp³-hybridized carbons (Fsp3) is 0.571. The van der Waals surface area contributed by atoms with Gasteiger partial charge in [0.1, 0.15) is 6.04 Å². The molecule has 2 amide bonds. The van der Waals surface area contributed by atoms with Crippen LogP contribution < -0.4 is 16.0 Å². The molecule has 7 heteroatoms. The summed E-state index contributed by atoms with van der Waals surface area (Å²) in [6, 6.07) is 6.26. The molecule has 7 nitrogen and oxygen atoms in total. The standard InChI is InChI=1S/C21H29N3O4/c1-3-28-21(27)13(2)22-19(25)14-8-10-16(11-9-14)23-20(26)18-12-15-6-4-5-7-17(15)24-18/h8-11,13,15,17-18,24H,3-7,12H2,1-2H3,(H,22,25)(H,23,26). The summed E-state index contributed by atoms with van der Waals surface area (Å²) in [6.45, 7) is 3.57. The monoisotopic (exact) mass is 387 g/mol. The number of nitrogens with one attached hydrogen (secondary N) is 3. The summed E-state index contributed by atoms with van der Waals surface area (Å²) in [4.78, 5) is 36.4. The molecule has 0 aromatic heterocycles. The highest BCUT2D eigenvalue weighted by molar-refractivity contribution is 5.98. The van der Waals surface area contributed by atoms with E-state index in [1.807, 2.05) is 0 Å². The van der Waals surface area contributed by atoms with Gasteiger partial charge in [0.05, 0.1) is 12.6 Å². The number of carbonyl (C=O) groups is 3. The van der Waals surface area contributed by atoms with Gasteiger partial charge in [-0.2, -0.15) is 0 Å². The Morgan fingerprint density at radius 2 is 1.89 bits per heavy atom. The number of rotatable bonds is 6. The Balaban J connectivity index is 1.52. The van der Waals surface area contributed by atoms with Gasteiger partial charge in [0.15, 0.2) is 0 Å². The van der Waals surface area contributed by atoms with Crippen molar-refractivity contribution in [2.45, 2.75) is 64.1 Å². The molecule has 3 N–H and O–H groups in total. The first kappa shape index (κ1) is 20.3. The van der Waals surface area contributed by atoms with E-state index in [4.69, 9.17) is 4.74 Å². The quantitative estimate of drug-likeness (QED) is 0.651. The average Bonchev–Trinajstić information content (AvgIpc) is 3.13. The Kier molecular flexibility index (Phi) is 6.67. The molecular weight excluding hydrogens is 358 g/mol. The molecule has 4 unspecified atom stereocenters. The zero-order chi connectivity index (χ0) is 20.1. The number of ether oxygens (including phenoxy) is 1. The maximum atomic E-state index is 12.6. The summed E-state index contributed by atoms with van der Waals surface area (Å²) in [5.41, 5.74) is 1.07. The molecular formula is C21H29N3O4. The molecule has 2 fully saturated rings. The minimum absolute atomic E-state index is 0.0254. The lowest BCUT2D eigenvalue weighted by atomic mass is 9.85. The van der Waals surface area contributed by atoms with E-state index in [1.54, 1.807) is 38.1 Å². The molecule has 1 saturated heterocycles. The predicted molar refractivity (Wildman–Crippen MR) is 106 cm³/mol. The van der Waals surface area contributed by atoms with Gasteiger partial charge in [-0.1, -0.05) is 12.8 Å². The number of esters is 1. The molecule has 152 valence electrons. The van der Waals surface area contributed by atoms with Crippen LogP contribution >= 0.6 is 0 Å². The van der Waals surface area contributed by atoms with Gasteiger partial charge < -0.3 is 20.7 Å². The summed E-state index contributed by atoms with van der Waals surface area (Å²) in [6.07, 6.45) is 5.75. The molecule has 1 aromatic rings. The highest BCUT2D eigenvalue weighted by Gasteiger charge is 2.38. The minimum atomic E-state index is -0.719. The van der Waals surface area contributed by atoms with Crippen molar-refractivity contribution in [1.29, 1.82) is 0 Å². The third-order valence-corrected chi connectivity index (χ3v) is 5.58. The second-order valence-electron chi connectivity index (χ2n) is 7.62. The van der Waals surface area contributed by atoms with Crippen LogP contribution in [0.4, 0.5) is 5.69 Å². The summed E-state index contributed by atoms with van der Waals surface area (Å²) in [5, 5.41) is 9.00. The van der Waals surface area contributed by atoms with Crippen LogP contribution in [0.25, 0.3) is 0 Å². The van der Waals surface area contributed by atoms with E-state index in [-0.39, 0.29) is 24.5 Å². The van der Waals surface area contributed by atoms with Crippen LogP contribution in [0.2, 0.25) is 0 Å². The Hall–Kier alpha value is -2.41. The second-order valence-corrected chi connectivity index (χ2v) is 7.62. The lowest BCUT2D eigenvalue weighted by molar-refractivity contribution is -0.144. The molecule has 0 bridgehead atoms. The molecule has 0 spiro atoms. The normalized spacial score (nSPS) is 24.7. The number of hydrogen-bond acceptors (Lipinski definition) is 5. The van der Waals surface area contributed by atoms with E-state index in [0.29, 0.717) is 23.2 Å². The highest BCUT2D eigenvalue weighted by Crippen LogP contribution is 2.33. The van der Waals surface area contributed by atoms with Gasteiger partial charge in [-0.25, -0.2) is 4.79 Å². The number of amides is 2. The van der Waals surface area contributed by atoms with Crippen molar-refractivity contribution in [3.05, 3.63) is 29.8 Å². The van der Waals surface area contributed by atoms with Crippen LogP contribution in [0.3, 0.4) is 0 Å². The topological polar surface area (TPSA) is 96.5 Å². The van der Waals surface area contributed by atoms with Crippen molar-refractivity contribution in [2.24, 2.45) is 5.92 Å². The smallest absolute Gasteiger partial charge is 0.328 e. The lowest BCUT2D eigenvalue weighted by Gasteiger charge is -2.24. The van der Waals surface area contributed by atoms with E-state index >= 15 is 0 Å². The Morgan fingerprint density at radius 3 is 2.57 bits per heavy atom. The molecule has 3 rings (SSSR count). The first-order valence-corrected chi connectivity index (χ1v) is 10.1. The number of hydrogen-bond donors (Lipinski definition) is 3. The van der Waals surface area contributed by atoms with Crippen LogP contribution in [-0.4, -0.2) is 42.5 Å². The van der Waals surface area contributed by atoms with E-state index in [2.05, 4.69) is 16.0 Å². The first-order chi connectivity index (χ1) is 13.5. The van der Waals surface area contributed by atoms with Crippen molar-refractivity contribution in [3.63, 3.8) is 0 Å². The average molecular weight is 387 g/mol. The van der Waals surface area contributed by atoms with Crippen LogP contribution in [-0.2, 0) is 14.3 Å². The maximum absolute atomic E-state index is 12.6. The summed E-state index contributed by atoms with van der Waals surface area (Å²) < 4.78 is 4.88. The summed E-state index contributed by atoms with van der Waals surface area (Å²) in [7, 11) is 0. The molecule has 1 aliphatic carbocycles. The van der Waals surface area contributed by atoms with Crippen LogP contribution in [0.5, 0.6) is 0 Å². The maximum Gasteiger partial charge on any atom is 0.328 e. The molecule has 0 radical (unpaired) electrons. The molecule has 4 atom stereocenters. The van der Waals surface area contributed by atoms with Gasteiger partial charge in [0.2, 0.25) is 5.91 Å². The second kappa shape index (κ2) is 9.19. The number of carbonyl (C=O) groups excluding carboxylic acids is 3. The SMILES string of the molecule is CCOC(=O)C(C)NC(=O)c1ccc(NC(=O)C2CC3CCCCC3N2)cc1. The molecule has 1 aliphatic heterocycles. The van der Waals surface area contributed by atoms with Crippen molar-refractivity contribution in [3.8, 4) is 0 Å². The van der Waals surface area contributed by atoms with Gasteiger partial charge in [-0.3, -0.25) is 9.59 Å². The van der Waals surface area contributed by atoms with E-state index in [9.17, 15) is 14.4 Å². The lowest BCUT2D eigenvalue weighted by Crippen LogP contribution is -2.40. The highest BCUT2D eigenvalue weighted by atomic mass is 16.5. The number of benzene rings is 1. The Bertz CT molecular complexity index is 705. The van der Waals surface area contributed by atoms with Crippen molar-refractivity contribution < 1.29 is 19.1 Å². The van der Waals surface area contributed by atoms with Crippen LogP contribution in [0.15, 0.2) is 24.3 Å². The molecule has 2 aliphatic rings. The van der Waals surface area contributed by atoms with Gasteiger partial charge in [-0.05, 0) is 63.3 Å². The van der Waals surface area contributed by atoms with E-state index in [1.165, 1.54) is 19.3 Å². The zero-order valence-electron chi connectivity index (χ0n) is 16.5. The van der Waals surface area contributed by atoms with Crippen LogP contribution in [0.1, 0.15) is 56.3 Å². The van der Waals surface area contributed by atoms with Gasteiger partial charge in [-0.15, -0.1) is 0 Å². The fourth-order valence-corrected chi connectivity index (χ4v) is 4.06. The van der Waals surface area contributed by atoms with E-state index in [0.717, 1.165) is 12.8 Å². The van der Waals surface area contributed by atoms with Gasteiger partial charge in [0.25, 0.3) is 5.91 Å². The van der Waals surface area contributed by atoms with Gasteiger partial charge in [0, 0.05) is 17.3 Å². The molecule has 1 heterocycles. The summed E-state index contributed by atoms with van der Waals surface area (Å²) >= 11 is 0. The zero-order valence-corrected chi connectivity index (χ0v) is 16.5. The van der Waals surface area contributed by atoms with Crippen LogP contribution in [0, 0.1) is 5.92 Å². The Morgan fingerprint density at radius 1 is 1.18 bits per heavy atom. The van der Waals surface area contributed by atoms with E-state index < -0.39 is 12.0 Å². The Labute approximate surface area is 165 Å². The largest absolute Gasteiger partial charge is 0.464 e. The van der Waals surface area contributed by atoms with Gasteiger partial charge >= 0.3 is 5.97 Å². The third kappa shape index (κ3) is 4.90. The molecule has 1 aromatic carbocycles. The fourth-order valence-electron chi connectivity index (χ4n) is 4.06. The third-order valence-electron chi connectivity index (χ3n) is 5.58. The van der Waals surface area contributed by atoms with Crippen molar-refractivity contribution in [2.75, 3.05) is 11.9 Å². The van der Waals surface area contributed by atoms with Crippen molar-refractivity contribution in [1.82, 2.24) is 10.6 Å². The first-order valence-electron chi connectivity index (χ1n) is 10.1. The molecule has 28 heavy (non-hydrogen) atoms. The number of anilines is 1. The number of fused-ring (bicyclic) bond motifs is 1. The summed E-state index contributed by atoms with van der Waals surface area (Å²) in [5.74, 6) is -0.246. The minimum Gasteiger partial charge on any atom is -0.464 e. The predicted octanol–water partition coefficient (Wildman–Crippen LogP) is 2.23. The molecule has 1 saturated carbocycles. The van der Waals surface area contributed by atoms with Crippen molar-refractivity contribution >= 4 is 23.5 Å².